The molecule has 0 amide bonds. The fourth-order valence-corrected chi connectivity index (χ4v) is 3.56. The van der Waals surface area contributed by atoms with Crippen molar-refractivity contribution in [1.82, 2.24) is 10.2 Å². The molecule has 1 atom stereocenters. The predicted molar refractivity (Wildman–Crippen MR) is 111 cm³/mol. The lowest BCUT2D eigenvalue weighted by atomic mass is 9.96. The van der Waals surface area contributed by atoms with E-state index in [4.69, 9.17) is 16.3 Å². The number of benzene rings is 1. The van der Waals surface area contributed by atoms with Crippen LogP contribution in [0.1, 0.15) is 24.8 Å². The molecule has 1 aliphatic heterocycles. The van der Waals surface area contributed by atoms with Gasteiger partial charge in [0.1, 0.15) is 0 Å². The molecule has 24 heavy (non-hydrogen) atoms. The summed E-state index contributed by atoms with van der Waals surface area (Å²) in [6.07, 6.45) is 3.56. The molecule has 1 saturated carbocycles. The first-order valence-electron chi connectivity index (χ1n) is 8.38. The summed E-state index contributed by atoms with van der Waals surface area (Å²) in [6.45, 7) is 3.66. The van der Waals surface area contributed by atoms with Crippen LogP contribution in [-0.2, 0) is 10.2 Å². The zero-order valence-electron chi connectivity index (χ0n) is 14.4. The number of nitrogens with zero attached hydrogens (tertiary/aromatic N) is 2. The minimum absolute atomic E-state index is 0. The fourth-order valence-electron chi connectivity index (χ4n) is 3.37. The molecule has 4 nitrogen and oxygen atoms in total. The van der Waals surface area contributed by atoms with Crippen LogP contribution >= 0.6 is 35.6 Å². The largest absolute Gasteiger partial charge is 0.381 e. The molecule has 3 rings (SSSR count). The van der Waals surface area contributed by atoms with Gasteiger partial charge in [-0.25, -0.2) is 0 Å². The van der Waals surface area contributed by atoms with Gasteiger partial charge in [0, 0.05) is 50.1 Å². The molecule has 0 spiro atoms. The van der Waals surface area contributed by atoms with Crippen molar-refractivity contribution in [3.05, 3.63) is 34.9 Å². The van der Waals surface area contributed by atoms with E-state index < -0.39 is 0 Å². The SMILES string of the molecule is CN=C(NCC1(c2cccc(Cl)c2)CC1)N(C)CC1CCOC1.I. The summed E-state index contributed by atoms with van der Waals surface area (Å²) in [5.41, 5.74) is 1.55. The molecule has 1 saturated heterocycles. The van der Waals surface area contributed by atoms with E-state index >= 15 is 0 Å². The number of guanidine groups is 1. The van der Waals surface area contributed by atoms with Gasteiger partial charge in [0.2, 0.25) is 0 Å². The van der Waals surface area contributed by atoms with Crippen LogP contribution < -0.4 is 5.32 Å². The Balaban J connectivity index is 0.00000208. The van der Waals surface area contributed by atoms with E-state index in [1.165, 1.54) is 18.4 Å². The van der Waals surface area contributed by atoms with Gasteiger partial charge < -0.3 is 15.0 Å². The van der Waals surface area contributed by atoms with Crippen molar-refractivity contribution < 1.29 is 4.74 Å². The van der Waals surface area contributed by atoms with Crippen LogP contribution in [0.3, 0.4) is 0 Å². The van der Waals surface area contributed by atoms with Gasteiger partial charge in [-0.05, 0) is 37.0 Å². The molecule has 1 N–H and O–H groups in total. The average Bonchev–Trinajstić information content (AvgIpc) is 3.16. The van der Waals surface area contributed by atoms with E-state index in [-0.39, 0.29) is 29.4 Å². The molecule has 2 fully saturated rings. The van der Waals surface area contributed by atoms with Gasteiger partial charge in [-0.2, -0.15) is 0 Å². The molecule has 1 aromatic carbocycles. The lowest BCUT2D eigenvalue weighted by molar-refractivity contribution is 0.181. The molecule has 1 heterocycles. The third kappa shape index (κ3) is 4.76. The summed E-state index contributed by atoms with van der Waals surface area (Å²) in [7, 11) is 3.95. The maximum atomic E-state index is 6.15. The highest BCUT2D eigenvalue weighted by atomic mass is 127. The number of aliphatic imine (C=N–C) groups is 1. The van der Waals surface area contributed by atoms with Crippen molar-refractivity contribution in [3.63, 3.8) is 0 Å². The summed E-state index contributed by atoms with van der Waals surface area (Å²) in [4.78, 5) is 6.65. The minimum Gasteiger partial charge on any atom is -0.381 e. The number of halogens is 2. The standard InChI is InChI=1S/C18H26ClN3O.HI/c1-20-17(22(2)11-14-6-9-23-12-14)21-13-18(7-8-18)15-4-3-5-16(19)10-15;/h3-5,10,14H,6-9,11-13H2,1-2H3,(H,20,21);1H. The van der Waals surface area contributed by atoms with Crippen molar-refractivity contribution in [2.45, 2.75) is 24.7 Å². The normalized spacial score (nSPS) is 22.0. The number of hydrogen-bond donors (Lipinski definition) is 1. The molecule has 1 unspecified atom stereocenters. The lowest BCUT2D eigenvalue weighted by Gasteiger charge is -2.26. The van der Waals surface area contributed by atoms with E-state index in [2.05, 4.69) is 34.4 Å². The summed E-state index contributed by atoms with van der Waals surface area (Å²) in [5.74, 6) is 1.58. The Morgan fingerprint density at radius 2 is 2.25 bits per heavy atom. The maximum Gasteiger partial charge on any atom is 0.193 e. The summed E-state index contributed by atoms with van der Waals surface area (Å²) in [6, 6.07) is 8.26. The quantitative estimate of drug-likeness (QED) is 0.412. The Hall–Kier alpha value is -0.530. The Morgan fingerprint density at radius 3 is 2.83 bits per heavy atom. The maximum absolute atomic E-state index is 6.15. The Labute approximate surface area is 167 Å². The van der Waals surface area contributed by atoms with E-state index in [1.54, 1.807) is 0 Å². The second kappa shape index (κ2) is 8.72. The van der Waals surface area contributed by atoms with Crippen LogP contribution in [0.5, 0.6) is 0 Å². The van der Waals surface area contributed by atoms with Gasteiger partial charge in [0.25, 0.3) is 0 Å². The zero-order valence-corrected chi connectivity index (χ0v) is 17.5. The van der Waals surface area contributed by atoms with Crippen LogP contribution in [0.2, 0.25) is 5.02 Å². The molecule has 1 aromatic rings. The number of ether oxygens (including phenoxy) is 1. The van der Waals surface area contributed by atoms with Crippen LogP contribution in [-0.4, -0.2) is 51.3 Å². The van der Waals surface area contributed by atoms with Gasteiger partial charge >= 0.3 is 0 Å². The Kier molecular flexibility index (Phi) is 7.19. The fraction of sp³-hybridized carbons (Fsp3) is 0.611. The molecule has 2 aliphatic rings. The van der Waals surface area contributed by atoms with Gasteiger partial charge in [-0.3, -0.25) is 4.99 Å². The van der Waals surface area contributed by atoms with Crippen molar-refractivity contribution in [3.8, 4) is 0 Å². The van der Waals surface area contributed by atoms with E-state index in [9.17, 15) is 0 Å². The Bertz CT molecular complexity index is 571. The molecule has 134 valence electrons. The highest BCUT2D eigenvalue weighted by Crippen LogP contribution is 2.48. The molecule has 0 radical (unpaired) electrons. The highest BCUT2D eigenvalue weighted by molar-refractivity contribution is 14.0. The van der Waals surface area contributed by atoms with Gasteiger partial charge in [0.15, 0.2) is 5.96 Å². The Morgan fingerprint density at radius 1 is 1.46 bits per heavy atom. The number of hydrogen-bond acceptors (Lipinski definition) is 2. The monoisotopic (exact) mass is 463 g/mol. The molecule has 6 heteroatoms. The van der Waals surface area contributed by atoms with E-state index in [1.807, 2.05) is 19.2 Å². The predicted octanol–water partition coefficient (Wildman–Crippen LogP) is 3.53. The van der Waals surface area contributed by atoms with Crippen molar-refractivity contribution in [1.29, 1.82) is 0 Å². The molecule has 0 aromatic heterocycles. The number of nitrogens with one attached hydrogen (secondary N) is 1. The van der Waals surface area contributed by atoms with Gasteiger partial charge in [-0.15, -0.1) is 24.0 Å². The number of rotatable bonds is 5. The zero-order chi connectivity index (χ0) is 16.3. The highest BCUT2D eigenvalue weighted by Gasteiger charge is 2.44. The smallest absolute Gasteiger partial charge is 0.193 e. The van der Waals surface area contributed by atoms with E-state index in [0.29, 0.717) is 5.92 Å². The first-order chi connectivity index (χ1) is 11.1. The van der Waals surface area contributed by atoms with Gasteiger partial charge in [0.05, 0.1) is 6.61 Å². The molecular formula is C18H27ClIN3O. The minimum atomic E-state index is 0. The molecule has 1 aliphatic carbocycles. The topological polar surface area (TPSA) is 36.9 Å². The van der Waals surface area contributed by atoms with Crippen molar-refractivity contribution in [2.24, 2.45) is 10.9 Å². The first kappa shape index (κ1) is 19.8. The van der Waals surface area contributed by atoms with E-state index in [0.717, 1.165) is 43.7 Å². The molecular weight excluding hydrogens is 437 g/mol. The lowest BCUT2D eigenvalue weighted by Crippen LogP contribution is -2.44. The third-order valence-electron chi connectivity index (χ3n) is 5.00. The third-order valence-corrected chi connectivity index (χ3v) is 5.24. The van der Waals surface area contributed by atoms with Crippen LogP contribution in [0.4, 0.5) is 0 Å². The van der Waals surface area contributed by atoms with Gasteiger partial charge in [-0.1, -0.05) is 23.7 Å². The summed E-state index contributed by atoms with van der Waals surface area (Å²) < 4.78 is 5.47. The molecule has 0 bridgehead atoms. The second-order valence-electron chi connectivity index (χ2n) is 6.80. The van der Waals surface area contributed by atoms with Crippen molar-refractivity contribution >= 4 is 41.5 Å². The van der Waals surface area contributed by atoms with Crippen LogP contribution in [0, 0.1) is 5.92 Å². The van der Waals surface area contributed by atoms with Crippen LogP contribution in [0.15, 0.2) is 29.3 Å². The summed E-state index contributed by atoms with van der Waals surface area (Å²) >= 11 is 6.15. The second-order valence-corrected chi connectivity index (χ2v) is 7.24. The van der Waals surface area contributed by atoms with Crippen LogP contribution in [0.25, 0.3) is 0 Å². The summed E-state index contributed by atoms with van der Waals surface area (Å²) in [5, 5.41) is 4.37. The average molecular weight is 464 g/mol. The first-order valence-corrected chi connectivity index (χ1v) is 8.76. The van der Waals surface area contributed by atoms with Crippen molar-refractivity contribution in [2.75, 3.05) is 40.4 Å².